The monoisotopic (exact) mass is 310 g/mol. The number of nitrogens with zero attached hydrogens (tertiary/aromatic N) is 1. The first-order chi connectivity index (χ1) is 11.1. The lowest BCUT2D eigenvalue weighted by molar-refractivity contribution is -0.128. The molecule has 2 aromatic carbocycles. The zero-order chi connectivity index (χ0) is 16.2. The Bertz CT molecular complexity index is 688. The van der Waals surface area contributed by atoms with Gasteiger partial charge in [-0.1, -0.05) is 60.7 Å². The van der Waals surface area contributed by atoms with Crippen molar-refractivity contribution in [3.63, 3.8) is 0 Å². The molecular formula is C18H18N2O3. The van der Waals surface area contributed by atoms with Gasteiger partial charge in [0.25, 0.3) is 5.91 Å². The summed E-state index contributed by atoms with van der Waals surface area (Å²) in [5, 5.41) is 12.9. The van der Waals surface area contributed by atoms with E-state index < -0.39 is 18.2 Å². The second-order valence-electron chi connectivity index (χ2n) is 5.57. The molecule has 118 valence electrons. The maximum atomic E-state index is 12.4. The van der Waals surface area contributed by atoms with Gasteiger partial charge in [-0.05, 0) is 11.1 Å². The molecule has 1 heterocycles. The number of nitrogens with one attached hydrogen (secondary N) is 1. The van der Waals surface area contributed by atoms with Gasteiger partial charge in [0.05, 0.1) is 12.6 Å². The summed E-state index contributed by atoms with van der Waals surface area (Å²) < 4.78 is 0. The summed E-state index contributed by atoms with van der Waals surface area (Å²) in [5.41, 5.74) is 1.66. The van der Waals surface area contributed by atoms with E-state index in [1.807, 2.05) is 48.5 Å². The number of carbonyl (C=O) groups is 2. The van der Waals surface area contributed by atoms with Gasteiger partial charge in [-0.3, -0.25) is 9.69 Å². The summed E-state index contributed by atoms with van der Waals surface area (Å²) in [6.45, 7) is -0.0417. The minimum atomic E-state index is -0.888. The second-order valence-corrected chi connectivity index (χ2v) is 5.57. The van der Waals surface area contributed by atoms with Crippen LogP contribution in [0.3, 0.4) is 0 Å². The van der Waals surface area contributed by atoms with Crippen molar-refractivity contribution in [2.45, 2.75) is 18.6 Å². The van der Waals surface area contributed by atoms with Gasteiger partial charge >= 0.3 is 6.03 Å². The van der Waals surface area contributed by atoms with Crippen molar-refractivity contribution in [1.82, 2.24) is 10.2 Å². The summed E-state index contributed by atoms with van der Waals surface area (Å²) in [7, 11) is 0. The molecule has 5 nitrogen and oxygen atoms in total. The van der Waals surface area contributed by atoms with Crippen molar-refractivity contribution in [2.75, 3.05) is 6.54 Å². The molecule has 2 aromatic rings. The van der Waals surface area contributed by atoms with Crippen LogP contribution in [0.25, 0.3) is 0 Å². The topological polar surface area (TPSA) is 69.6 Å². The van der Waals surface area contributed by atoms with Gasteiger partial charge in [-0.15, -0.1) is 0 Å². The maximum Gasteiger partial charge on any atom is 0.324 e. The lowest BCUT2D eigenvalue weighted by atomic mass is 10.1. The third-order valence-electron chi connectivity index (χ3n) is 3.93. The number of amides is 3. The molecule has 1 aliphatic rings. The molecule has 0 spiro atoms. The van der Waals surface area contributed by atoms with Crippen LogP contribution in [0.15, 0.2) is 60.7 Å². The van der Waals surface area contributed by atoms with Crippen LogP contribution in [0.5, 0.6) is 0 Å². The Labute approximate surface area is 134 Å². The Hall–Kier alpha value is -2.66. The normalized spacial score (nSPS) is 18.8. The number of hydrogen-bond acceptors (Lipinski definition) is 3. The van der Waals surface area contributed by atoms with Gasteiger partial charge in [-0.25, -0.2) is 4.79 Å². The zero-order valence-corrected chi connectivity index (χ0v) is 12.6. The number of benzene rings is 2. The van der Waals surface area contributed by atoms with E-state index >= 15 is 0 Å². The number of hydrogen-bond donors (Lipinski definition) is 2. The Morgan fingerprint density at radius 2 is 1.61 bits per heavy atom. The molecule has 0 aromatic heterocycles. The fourth-order valence-corrected chi connectivity index (χ4v) is 2.69. The van der Waals surface area contributed by atoms with Gasteiger partial charge < -0.3 is 10.4 Å². The highest BCUT2D eigenvalue weighted by Crippen LogP contribution is 2.18. The van der Waals surface area contributed by atoms with Crippen LogP contribution >= 0.6 is 0 Å². The summed E-state index contributed by atoms with van der Waals surface area (Å²) in [4.78, 5) is 25.5. The molecule has 1 fully saturated rings. The first-order valence-electron chi connectivity index (χ1n) is 7.54. The van der Waals surface area contributed by atoms with Crippen molar-refractivity contribution >= 4 is 11.9 Å². The Morgan fingerprint density at radius 1 is 1.00 bits per heavy atom. The predicted molar refractivity (Wildman–Crippen MR) is 85.6 cm³/mol. The van der Waals surface area contributed by atoms with E-state index in [1.54, 1.807) is 12.1 Å². The minimum Gasteiger partial charge on any atom is -0.387 e. The molecule has 2 unspecified atom stereocenters. The molecule has 23 heavy (non-hydrogen) atoms. The quantitative estimate of drug-likeness (QED) is 0.829. The number of β-amino-alcohol motifs (C(OH)–C–C–N with tert-alkyl or cyclic N) is 1. The first-order valence-corrected chi connectivity index (χ1v) is 7.54. The molecule has 0 radical (unpaired) electrons. The molecule has 3 rings (SSSR count). The molecule has 1 aliphatic heterocycles. The molecule has 2 atom stereocenters. The van der Waals surface area contributed by atoms with E-state index in [9.17, 15) is 14.7 Å². The predicted octanol–water partition coefficient (Wildman–Crippen LogP) is 1.88. The SMILES string of the molecule is O=C1NC(Cc2ccccc2)C(=O)N1CC(O)c1ccccc1. The molecule has 2 N–H and O–H groups in total. The van der Waals surface area contributed by atoms with Crippen molar-refractivity contribution in [2.24, 2.45) is 0 Å². The van der Waals surface area contributed by atoms with Crippen LogP contribution in [0, 0.1) is 0 Å². The molecule has 5 heteroatoms. The van der Waals surface area contributed by atoms with Crippen molar-refractivity contribution in [1.29, 1.82) is 0 Å². The van der Waals surface area contributed by atoms with Crippen LogP contribution in [-0.2, 0) is 11.2 Å². The standard InChI is InChI=1S/C18H18N2O3/c21-16(14-9-5-2-6-10-14)12-20-17(22)15(19-18(20)23)11-13-7-3-1-4-8-13/h1-10,15-16,21H,11-12H2,(H,19,23). The zero-order valence-electron chi connectivity index (χ0n) is 12.6. The highest BCUT2D eigenvalue weighted by atomic mass is 16.3. The first kappa shape index (κ1) is 15.2. The van der Waals surface area contributed by atoms with Gasteiger partial charge in [0.2, 0.25) is 0 Å². The lowest BCUT2D eigenvalue weighted by Gasteiger charge is -2.18. The average Bonchev–Trinajstić information content (AvgIpc) is 2.84. The van der Waals surface area contributed by atoms with Gasteiger partial charge in [-0.2, -0.15) is 0 Å². The summed E-state index contributed by atoms with van der Waals surface area (Å²) in [6.07, 6.45) is -0.440. The third kappa shape index (κ3) is 3.40. The molecular weight excluding hydrogens is 292 g/mol. The van der Waals surface area contributed by atoms with Gasteiger partial charge in [0, 0.05) is 6.42 Å². The minimum absolute atomic E-state index is 0.0417. The molecule has 0 saturated carbocycles. The number of aliphatic hydroxyl groups is 1. The number of carbonyl (C=O) groups excluding carboxylic acids is 2. The van der Waals surface area contributed by atoms with Crippen LogP contribution in [0.1, 0.15) is 17.2 Å². The van der Waals surface area contributed by atoms with Gasteiger partial charge in [0.1, 0.15) is 6.04 Å². The number of imide groups is 1. The van der Waals surface area contributed by atoms with E-state index in [0.29, 0.717) is 12.0 Å². The Balaban J connectivity index is 1.67. The summed E-state index contributed by atoms with van der Waals surface area (Å²) in [5.74, 6) is -0.297. The Morgan fingerprint density at radius 3 is 2.26 bits per heavy atom. The highest BCUT2D eigenvalue weighted by Gasteiger charge is 2.38. The van der Waals surface area contributed by atoms with Crippen LogP contribution in [0.4, 0.5) is 4.79 Å². The molecule has 1 saturated heterocycles. The number of urea groups is 1. The second kappa shape index (κ2) is 6.62. The highest BCUT2D eigenvalue weighted by molar-refractivity contribution is 6.04. The number of rotatable bonds is 5. The smallest absolute Gasteiger partial charge is 0.324 e. The summed E-state index contributed by atoms with van der Waals surface area (Å²) >= 11 is 0. The lowest BCUT2D eigenvalue weighted by Crippen LogP contribution is -2.35. The molecule has 0 bridgehead atoms. The van der Waals surface area contributed by atoms with E-state index in [-0.39, 0.29) is 12.5 Å². The van der Waals surface area contributed by atoms with Crippen molar-refractivity contribution in [3.8, 4) is 0 Å². The van der Waals surface area contributed by atoms with Crippen molar-refractivity contribution < 1.29 is 14.7 Å². The van der Waals surface area contributed by atoms with Crippen LogP contribution in [-0.4, -0.2) is 34.5 Å². The number of aliphatic hydroxyl groups excluding tert-OH is 1. The van der Waals surface area contributed by atoms with E-state index in [0.717, 1.165) is 10.5 Å². The van der Waals surface area contributed by atoms with Gasteiger partial charge in [0.15, 0.2) is 0 Å². The van der Waals surface area contributed by atoms with Crippen LogP contribution < -0.4 is 5.32 Å². The Kier molecular flexibility index (Phi) is 4.39. The fourth-order valence-electron chi connectivity index (χ4n) is 2.69. The van der Waals surface area contributed by atoms with Crippen molar-refractivity contribution in [3.05, 3.63) is 71.8 Å². The third-order valence-corrected chi connectivity index (χ3v) is 3.93. The fraction of sp³-hybridized carbons (Fsp3) is 0.222. The van der Waals surface area contributed by atoms with E-state index in [1.165, 1.54) is 0 Å². The van der Waals surface area contributed by atoms with E-state index in [4.69, 9.17) is 0 Å². The molecule has 0 aliphatic carbocycles. The summed E-state index contributed by atoms with van der Waals surface area (Å²) in [6, 6.07) is 17.5. The van der Waals surface area contributed by atoms with Crippen LogP contribution in [0.2, 0.25) is 0 Å². The molecule has 3 amide bonds. The average molecular weight is 310 g/mol. The van der Waals surface area contributed by atoms with E-state index in [2.05, 4.69) is 5.32 Å². The largest absolute Gasteiger partial charge is 0.387 e. The maximum absolute atomic E-state index is 12.4.